The van der Waals surface area contributed by atoms with Crippen molar-refractivity contribution in [3.05, 3.63) is 35.4 Å². The van der Waals surface area contributed by atoms with Crippen molar-refractivity contribution in [2.75, 3.05) is 13.2 Å². The van der Waals surface area contributed by atoms with E-state index < -0.39 is 0 Å². The Morgan fingerprint density at radius 1 is 1.21 bits per heavy atom. The van der Waals surface area contributed by atoms with Gasteiger partial charge in [-0.1, -0.05) is 45.0 Å². The molecule has 0 saturated carbocycles. The van der Waals surface area contributed by atoms with Crippen LogP contribution in [0.3, 0.4) is 0 Å². The summed E-state index contributed by atoms with van der Waals surface area (Å²) in [6, 6.07) is 9.48. The van der Waals surface area contributed by atoms with Gasteiger partial charge in [0.2, 0.25) is 0 Å². The summed E-state index contributed by atoms with van der Waals surface area (Å²) < 4.78 is 6.03. The first-order valence-electron chi connectivity index (χ1n) is 7.50. The van der Waals surface area contributed by atoms with Crippen LogP contribution in [0.25, 0.3) is 0 Å². The molecule has 0 bridgehead atoms. The summed E-state index contributed by atoms with van der Waals surface area (Å²) in [6.07, 6.45) is 1.35. The molecule has 1 aliphatic heterocycles. The third kappa shape index (κ3) is 4.05. The maximum Gasteiger partial charge on any atom is 0.0949 e. The molecule has 106 valence electrons. The van der Waals surface area contributed by atoms with E-state index in [0.29, 0.717) is 17.9 Å². The lowest BCUT2D eigenvalue weighted by molar-refractivity contribution is 0.0496. The Morgan fingerprint density at radius 3 is 2.53 bits per heavy atom. The fourth-order valence-corrected chi connectivity index (χ4v) is 2.52. The molecule has 1 aromatic carbocycles. The van der Waals surface area contributed by atoms with E-state index in [2.05, 4.69) is 57.3 Å². The van der Waals surface area contributed by atoms with E-state index >= 15 is 0 Å². The molecule has 1 heterocycles. The van der Waals surface area contributed by atoms with Crippen LogP contribution in [-0.2, 0) is 11.2 Å². The van der Waals surface area contributed by atoms with E-state index in [-0.39, 0.29) is 6.10 Å². The highest BCUT2D eigenvalue weighted by Gasteiger charge is 2.22. The van der Waals surface area contributed by atoms with Gasteiger partial charge in [0.15, 0.2) is 0 Å². The van der Waals surface area contributed by atoms with E-state index in [1.165, 1.54) is 11.1 Å². The Bertz CT molecular complexity index is 373. The van der Waals surface area contributed by atoms with Crippen LogP contribution in [-0.4, -0.2) is 19.2 Å². The largest absolute Gasteiger partial charge is 0.372 e. The predicted octanol–water partition coefficient (Wildman–Crippen LogP) is 3.57. The molecule has 2 rings (SSSR count). The summed E-state index contributed by atoms with van der Waals surface area (Å²) in [6.45, 7) is 10.7. The molecule has 19 heavy (non-hydrogen) atoms. The minimum atomic E-state index is 0.195. The Morgan fingerprint density at radius 2 is 1.89 bits per heavy atom. The molecule has 1 aromatic rings. The van der Waals surface area contributed by atoms with Crippen molar-refractivity contribution in [2.45, 2.75) is 46.3 Å². The molecule has 1 fully saturated rings. The molecule has 1 saturated heterocycles. The second-order valence-electron chi connectivity index (χ2n) is 6.34. The normalized spacial score (nSPS) is 28.4. The molecule has 0 aliphatic carbocycles. The highest BCUT2D eigenvalue weighted by molar-refractivity contribution is 5.25. The molecule has 3 atom stereocenters. The van der Waals surface area contributed by atoms with Gasteiger partial charge in [-0.25, -0.2) is 0 Å². The topological polar surface area (TPSA) is 21.3 Å². The van der Waals surface area contributed by atoms with Crippen LogP contribution < -0.4 is 5.32 Å². The highest BCUT2D eigenvalue weighted by Crippen LogP contribution is 2.22. The van der Waals surface area contributed by atoms with Crippen molar-refractivity contribution in [1.29, 1.82) is 0 Å². The van der Waals surface area contributed by atoms with Crippen molar-refractivity contribution >= 4 is 0 Å². The average molecular weight is 261 g/mol. The summed E-state index contributed by atoms with van der Waals surface area (Å²) in [5.74, 6) is 1.29. The van der Waals surface area contributed by atoms with Gasteiger partial charge < -0.3 is 10.1 Å². The molecular weight excluding hydrogens is 234 g/mol. The van der Waals surface area contributed by atoms with Crippen LogP contribution in [0.2, 0.25) is 0 Å². The quantitative estimate of drug-likeness (QED) is 0.898. The summed E-state index contributed by atoms with van der Waals surface area (Å²) in [5.41, 5.74) is 2.71. The lowest BCUT2D eigenvalue weighted by atomic mass is 10.00. The zero-order valence-corrected chi connectivity index (χ0v) is 12.6. The van der Waals surface area contributed by atoms with Crippen LogP contribution in [0.1, 0.15) is 44.9 Å². The summed E-state index contributed by atoms with van der Waals surface area (Å²) in [5, 5.41) is 3.56. The lowest BCUT2D eigenvalue weighted by Gasteiger charge is -2.16. The summed E-state index contributed by atoms with van der Waals surface area (Å²) >= 11 is 0. The summed E-state index contributed by atoms with van der Waals surface area (Å²) in [4.78, 5) is 0. The molecular formula is C17H27NO. The van der Waals surface area contributed by atoms with E-state index in [4.69, 9.17) is 4.74 Å². The fourth-order valence-electron chi connectivity index (χ4n) is 2.52. The number of hydrogen-bond donors (Lipinski definition) is 1. The monoisotopic (exact) mass is 261 g/mol. The lowest BCUT2D eigenvalue weighted by Crippen LogP contribution is -2.32. The zero-order chi connectivity index (χ0) is 13.8. The number of hydrogen-bond acceptors (Lipinski definition) is 2. The molecule has 0 aromatic heterocycles. The molecule has 1 N–H and O–H groups in total. The van der Waals surface area contributed by atoms with Crippen molar-refractivity contribution in [3.63, 3.8) is 0 Å². The Labute approximate surface area is 117 Å². The molecule has 0 radical (unpaired) electrons. The van der Waals surface area contributed by atoms with Gasteiger partial charge in [0.25, 0.3) is 0 Å². The first kappa shape index (κ1) is 14.5. The van der Waals surface area contributed by atoms with Crippen LogP contribution in [0.4, 0.5) is 0 Å². The molecule has 2 heteroatoms. The van der Waals surface area contributed by atoms with Crippen molar-refractivity contribution < 1.29 is 4.74 Å². The maximum atomic E-state index is 6.03. The van der Waals surface area contributed by atoms with E-state index in [1.807, 2.05) is 0 Å². The minimum absolute atomic E-state index is 0.195. The fraction of sp³-hybridized carbons (Fsp3) is 0.647. The number of ether oxygens (including phenoxy) is 1. The second kappa shape index (κ2) is 6.53. The standard InChI is InChI=1S/C17H27NO/c1-12(2)9-15-5-7-16(8-6-15)17-10-18-14(4)13(3)11-19-17/h5-8,12-14,17-18H,9-11H2,1-4H3. The maximum absolute atomic E-state index is 6.03. The van der Waals surface area contributed by atoms with E-state index in [1.54, 1.807) is 0 Å². The third-order valence-corrected chi connectivity index (χ3v) is 4.03. The molecule has 3 unspecified atom stereocenters. The van der Waals surface area contributed by atoms with Gasteiger partial charge in [-0.2, -0.15) is 0 Å². The van der Waals surface area contributed by atoms with Gasteiger partial charge in [0.1, 0.15) is 0 Å². The van der Waals surface area contributed by atoms with E-state index in [9.17, 15) is 0 Å². The van der Waals surface area contributed by atoms with Gasteiger partial charge >= 0.3 is 0 Å². The molecule has 1 aliphatic rings. The average Bonchev–Trinajstić information content (AvgIpc) is 2.54. The van der Waals surface area contributed by atoms with E-state index in [0.717, 1.165) is 19.6 Å². The van der Waals surface area contributed by atoms with Crippen LogP contribution in [0, 0.1) is 11.8 Å². The van der Waals surface area contributed by atoms with Gasteiger partial charge in [-0.05, 0) is 36.3 Å². The van der Waals surface area contributed by atoms with Gasteiger partial charge in [0, 0.05) is 12.6 Å². The first-order chi connectivity index (χ1) is 9.06. The Hall–Kier alpha value is -0.860. The summed E-state index contributed by atoms with van der Waals surface area (Å²) in [7, 11) is 0. The van der Waals surface area contributed by atoms with Crippen LogP contribution in [0.15, 0.2) is 24.3 Å². The first-order valence-corrected chi connectivity index (χ1v) is 7.50. The predicted molar refractivity (Wildman–Crippen MR) is 80.3 cm³/mol. The number of rotatable bonds is 3. The smallest absolute Gasteiger partial charge is 0.0949 e. The zero-order valence-electron chi connectivity index (χ0n) is 12.6. The number of benzene rings is 1. The molecule has 0 amide bonds. The third-order valence-electron chi connectivity index (χ3n) is 4.03. The second-order valence-corrected chi connectivity index (χ2v) is 6.34. The van der Waals surface area contributed by atoms with Crippen molar-refractivity contribution in [2.24, 2.45) is 11.8 Å². The Kier molecular flexibility index (Phi) is 5.00. The van der Waals surface area contributed by atoms with Crippen molar-refractivity contribution in [1.82, 2.24) is 5.32 Å². The van der Waals surface area contributed by atoms with Crippen LogP contribution in [0.5, 0.6) is 0 Å². The van der Waals surface area contributed by atoms with Crippen molar-refractivity contribution in [3.8, 4) is 0 Å². The highest BCUT2D eigenvalue weighted by atomic mass is 16.5. The van der Waals surface area contributed by atoms with Gasteiger partial charge in [0.05, 0.1) is 12.7 Å². The Balaban J connectivity index is 2.01. The number of nitrogens with one attached hydrogen (secondary N) is 1. The minimum Gasteiger partial charge on any atom is -0.372 e. The van der Waals surface area contributed by atoms with Gasteiger partial charge in [-0.3, -0.25) is 0 Å². The molecule has 2 nitrogen and oxygen atoms in total. The van der Waals surface area contributed by atoms with Gasteiger partial charge in [-0.15, -0.1) is 0 Å². The van der Waals surface area contributed by atoms with Crippen LogP contribution >= 0.6 is 0 Å². The SMILES string of the molecule is CC(C)Cc1ccc(C2CNC(C)C(C)CO2)cc1. The molecule has 0 spiro atoms.